The quantitative estimate of drug-likeness (QED) is 0.498. The highest BCUT2D eigenvalue weighted by Gasteiger charge is 2.15. The van der Waals surface area contributed by atoms with E-state index in [1.807, 2.05) is 0 Å². The van der Waals surface area contributed by atoms with Crippen LogP contribution in [0.25, 0.3) is 11.2 Å². The van der Waals surface area contributed by atoms with E-state index in [0.717, 1.165) is 5.56 Å². The minimum Gasteiger partial charge on any atom is -0.354 e. The molecule has 6 nitrogen and oxygen atoms in total. The fourth-order valence-electron chi connectivity index (χ4n) is 3.46. The van der Waals surface area contributed by atoms with Crippen LogP contribution in [0.2, 0.25) is 0 Å². The Balaban J connectivity index is 1.49. The van der Waals surface area contributed by atoms with Gasteiger partial charge in [-0.1, -0.05) is 30.3 Å². The number of fused-ring (bicyclic) bond motifs is 1. The van der Waals surface area contributed by atoms with Crippen LogP contribution in [-0.4, -0.2) is 26.6 Å². The Kier molecular flexibility index (Phi) is 5.88. The molecule has 0 saturated heterocycles. The molecular formula is C23H20F2N4O2. The molecule has 0 radical (unpaired) electrons. The van der Waals surface area contributed by atoms with E-state index >= 15 is 0 Å². The van der Waals surface area contributed by atoms with Gasteiger partial charge in [0, 0.05) is 19.3 Å². The molecule has 0 aliphatic rings. The van der Waals surface area contributed by atoms with Crippen molar-refractivity contribution in [3.63, 3.8) is 0 Å². The van der Waals surface area contributed by atoms with Crippen molar-refractivity contribution in [2.24, 2.45) is 0 Å². The van der Waals surface area contributed by atoms with Crippen LogP contribution < -0.4 is 11.0 Å². The molecule has 4 aromatic rings. The van der Waals surface area contributed by atoms with Crippen LogP contribution in [0.1, 0.15) is 11.1 Å². The van der Waals surface area contributed by atoms with Gasteiger partial charge in [0.15, 0.2) is 5.65 Å². The smallest absolute Gasteiger partial charge is 0.330 e. The van der Waals surface area contributed by atoms with Gasteiger partial charge in [-0.3, -0.25) is 13.9 Å². The molecule has 0 saturated carbocycles. The van der Waals surface area contributed by atoms with Gasteiger partial charge >= 0.3 is 5.69 Å². The van der Waals surface area contributed by atoms with Crippen LogP contribution >= 0.6 is 0 Å². The van der Waals surface area contributed by atoms with E-state index in [-0.39, 0.29) is 43.5 Å². The third kappa shape index (κ3) is 4.53. The lowest BCUT2D eigenvalue weighted by atomic mass is 10.1. The van der Waals surface area contributed by atoms with Crippen LogP contribution in [-0.2, 0) is 24.3 Å². The van der Waals surface area contributed by atoms with Crippen molar-refractivity contribution in [3.8, 4) is 0 Å². The molecule has 1 amide bonds. The molecule has 158 valence electrons. The molecular weight excluding hydrogens is 402 g/mol. The summed E-state index contributed by atoms with van der Waals surface area (Å²) in [6, 6.07) is 15.6. The van der Waals surface area contributed by atoms with Crippen LogP contribution in [0.5, 0.6) is 0 Å². The maximum absolute atomic E-state index is 13.7. The van der Waals surface area contributed by atoms with Crippen molar-refractivity contribution in [1.82, 2.24) is 19.4 Å². The highest BCUT2D eigenvalue weighted by molar-refractivity contribution is 5.78. The van der Waals surface area contributed by atoms with Gasteiger partial charge < -0.3 is 5.32 Å². The summed E-state index contributed by atoms with van der Waals surface area (Å²) in [5.74, 6) is -1.10. The number of hydrogen-bond donors (Lipinski definition) is 1. The Bertz CT molecular complexity index is 1280. The molecule has 8 heteroatoms. The maximum atomic E-state index is 13.7. The fraction of sp³-hybridized carbons (Fsp3) is 0.174. The van der Waals surface area contributed by atoms with Crippen molar-refractivity contribution >= 4 is 17.1 Å². The molecule has 0 unspecified atom stereocenters. The standard InChI is InChI=1S/C23H20F2N4O2/c24-18-9-7-16(8-10-18)15-29-20-6-3-11-27-22(20)28(23(29)31)13-12-26-21(30)14-17-4-1-2-5-19(17)25/h1-11H,12-15H2,(H,26,30). The molecule has 2 heterocycles. The second kappa shape index (κ2) is 8.91. The van der Waals surface area contributed by atoms with E-state index in [9.17, 15) is 18.4 Å². The molecule has 31 heavy (non-hydrogen) atoms. The second-order valence-corrected chi connectivity index (χ2v) is 7.11. The van der Waals surface area contributed by atoms with E-state index in [1.54, 1.807) is 53.2 Å². The number of imidazole rings is 1. The Morgan fingerprint density at radius 1 is 0.968 bits per heavy atom. The van der Waals surface area contributed by atoms with Crippen LogP contribution in [0, 0.1) is 11.6 Å². The lowest BCUT2D eigenvalue weighted by Gasteiger charge is -2.07. The summed E-state index contributed by atoms with van der Waals surface area (Å²) in [6.45, 7) is 0.680. The van der Waals surface area contributed by atoms with Gasteiger partial charge in [0.25, 0.3) is 0 Å². The van der Waals surface area contributed by atoms with E-state index in [1.165, 1.54) is 22.8 Å². The topological polar surface area (TPSA) is 68.9 Å². The van der Waals surface area contributed by atoms with Gasteiger partial charge in [0.2, 0.25) is 5.91 Å². The van der Waals surface area contributed by atoms with Crippen LogP contribution in [0.15, 0.2) is 71.7 Å². The number of nitrogens with one attached hydrogen (secondary N) is 1. The number of hydrogen-bond acceptors (Lipinski definition) is 3. The molecule has 0 bridgehead atoms. The summed E-state index contributed by atoms with van der Waals surface area (Å²) in [5.41, 5.74) is 1.97. The monoisotopic (exact) mass is 422 g/mol. The summed E-state index contributed by atoms with van der Waals surface area (Å²) >= 11 is 0. The third-order valence-corrected chi connectivity index (χ3v) is 4.99. The largest absolute Gasteiger partial charge is 0.354 e. The number of rotatable bonds is 7. The zero-order chi connectivity index (χ0) is 21.8. The van der Waals surface area contributed by atoms with E-state index in [0.29, 0.717) is 16.7 Å². The summed E-state index contributed by atoms with van der Waals surface area (Å²) in [4.78, 5) is 29.5. The van der Waals surface area contributed by atoms with Crippen molar-refractivity contribution in [2.75, 3.05) is 6.54 Å². The average molecular weight is 422 g/mol. The third-order valence-electron chi connectivity index (χ3n) is 4.99. The Morgan fingerprint density at radius 2 is 1.74 bits per heavy atom. The molecule has 2 aromatic heterocycles. The van der Waals surface area contributed by atoms with Crippen molar-refractivity contribution < 1.29 is 13.6 Å². The number of halogens is 2. The average Bonchev–Trinajstić information content (AvgIpc) is 3.03. The van der Waals surface area contributed by atoms with Crippen LogP contribution in [0.3, 0.4) is 0 Å². The number of nitrogens with zero attached hydrogens (tertiary/aromatic N) is 3. The molecule has 0 spiro atoms. The van der Waals surface area contributed by atoms with E-state index < -0.39 is 5.82 Å². The number of benzene rings is 2. The van der Waals surface area contributed by atoms with Gasteiger partial charge in [-0.2, -0.15) is 0 Å². The molecule has 4 rings (SSSR count). The fourth-order valence-corrected chi connectivity index (χ4v) is 3.46. The normalized spacial score (nSPS) is 11.0. The Hall–Kier alpha value is -3.81. The first-order chi connectivity index (χ1) is 15.0. The summed E-state index contributed by atoms with van der Waals surface area (Å²) in [5, 5.41) is 2.72. The highest BCUT2D eigenvalue weighted by Crippen LogP contribution is 2.13. The molecule has 0 aliphatic heterocycles. The van der Waals surface area contributed by atoms with Crippen molar-refractivity contribution in [2.45, 2.75) is 19.5 Å². The van der Waals surface area contributed by atoms with E-state index in [4.69, 9.17) is 0 Å². The predicted molar refractivity (Wildman–Crippen MR) is 113 cm³/mol. The summed E-state index contributed by atoms with van der Waals surface area (Å²) in [7, 11) is 0. The van der Waals surface area contributed by atoms with Crippen LogP contribution in [0.4, 0.5) is 8.78 Å². The second-order valence-electron chi connectivity index (χ2n) is 7.11. The first-order valence-electron chi connectivity index (χ1n) is 9.81. The summed E-state index contributed by atoms with van der Waals surface area (Å²) < 4.78 is 30.0. The highest BCUT2D eigenvalue weighted by atomic mass is 19.1. The Labute approximate surface area is 176 Å². The lowest BCUT2D eigenvalue weighted by Crippen LogP contribution is -2.32. The zero-order valence-corrected chi connectivity index (χ0v) is 16.6. The van der Waals surface area contributed by atoms with Gasteiger partial charge in [0.05, 0.1) is 18.5 Å². The molecule has 1 N–H and O–H groups in total. The minimum atomic E-state index is -0.429. The first-order valence-corrected chi connectivity index (χ1v) is 9.81. The minimum absolute atomic E-state index is 0.0772. The Morgan fingerprint density at radius 3 is 2.52 bits per heavy atom. The molecule has 2 aromatic carbocycles. The number of amides is 1. The van der Waals surface area contributed by atoms with Gasteiger partial charge in [-0.25, -0.2) is 18.6 Å². The first kappa shape index (κ1) is 20.5. The van der Waals surface area contributed by atoms with Gasteiger partial charge in [0.1, 0.15) is 11.6 Å². The maximum Gasteiger partial charge on any atom is 0.330 e. The number of carbonyl (C=O) groups is 1. The molecule has 0 fully saturated rings. The lowest BCUT2D eigenvalue weighted by molar-refractivity contribution is -0.120. The number of carbonyl (C=O) groups excluding carboxylic acids is 1. The zero-order valence-electron chi connectivity index (χ0n) is 16.6. The number of aromatic nitrogens is 3. The van der Waals surface area contributed by atoms with Crippen molar-refractivity contribution in [3.05, 3.63) is 100 Å². The summed E-state index contributed by atoms with van der Waals surface area (Å²) in [6.07, 6.45) is 1.52. The van der Waals surface area contributed by atoms with E-state index in [2.05, 4.69) is 10.3 Å². The molecule has 0 aliphatic carbocycles. The number of pyridine rings is 1. The SMILES string of the molecule is O=C(Cc1ccccc1F)NCCn1c(=O)n(Cc2ccc(F)cc2)c2cccnc21. The van der Waals surface area contributed by atoms with Crippen molar-refractivity contribution in [1.29, 1.82) is 0 Å². The molecule has 0 atom stereocenters. The predicted octanol–water partition coefficient (Wildman–Crippen LogP) is 2.88. The van der Waals surface area contributed by atoms with Gasteiger partial charge in [-0.05, 0) is 41.5 Å². The van der Waals surface area contributed by atoms with Gasteiger partial charge in [-0.15, -0.1) is 0 Å².